The molecule has 0 aliphatic carbocycles. The summed E-state index contributed by atoms with van der Waals surface area (Å²) in [5.74, 6) is -0.983. The Balaban J connectivity index is 1.96. The standard InChI is InChI=1S/C19H27FN2O3/c1-18(2,3)24-17(23)15-16(13-4-6-14(20)7-5-13)25-22-12-19(15)8-10-21-11-9-19/h4-7,15-16,21-22H,8-12H2,1-3H3. The summed E-state index contributed by atoms with van der Waals surface area (Å²) in [5, 5.41) is 3.36. The van der Waals surface area contributed by atoms with Crippen LogP contribution in [-0.4, -0.2) is 31.2 Å². The van der Waals surface area contributed by atoms with Gasteiger partial charge in [0.15, 0.2) is 0 Å². The van der Waals surface area contributed by atoms with Gasteiger partial charge in [0, 0.05) is 12.0 Å². The van der Waals surface area contributed by atoms with Gasteiger partial charge in [-0.2, -0.15) is 0 Å². The fourth-order valence-electron chi connectivity index (χ4n) is 3.84. The van der Waals surface area contributed by atoms with E-state index in [1.165, 1.54) is 12.1 Å². The molecule has 6 heteroatoms. The second kappa shape index (κ2) is 7.02. The van der Waals surface area contributed by atoms with Gasteiger partial charge in [0.05, 0.1) is 5.92 Å². The van der Waals surface area contributed by atoms with Gasteiger partial charge in [0.2, 0.25) is 0 Å². The van der Waals surface area contributed by atoms with Gasteiger partial charge < -0.3 is 10.1 Å². The Bertz CT molecular complexity index is 601. The Morgan fingerprint density at radius 2 is 1.88 bits per heavy atom. The number of hydrogen-bond acceptors (Lipinski definition) is 5. The molecule has 1 aromatic rings. The molecule has 0 radical (unpaired) electrons. The summed E-state index contributed by atoms with van der Waals surface area (Å²) in [6.45, 7) is 7.93. The normalized spacial score (nSPS) is 26.4. The lowest BCUT2D eigenvalue weighted by molar-refractivity contribution is -0.199. The summed E-state index contributed by atoms with van der Waals surface area (Å²) in [5.41, 5.74) is 3.01. The summed E-state index contributed by atoms with van der Waals surface area (Å²) < 4.78 is 19.1. The van der Waals surface area contributed by atoms with E-state index < -0.39 is 17.6 Å². The van der Waals surface area contributed by atoms with Crippen molar-refractivity contribution in [2.45, 2.75) is 45.3 Å². The van der Waals surface area contributed by atoms with Gasteiger partial charge in [0.1, 0.15) is 17.5 Å². The van der Waals surface area contributed by atoms with Gasteiger partial charge in [-0.3, -0.25) is 9.63 Å². The molecule has 2 unspecified atom stereocenters. The van der Waals surface area contributed by atoms with Crippen LogP contribution in [0.15, 0.2) is 24.3 Å². The predicted molar refractivity (Wildman–Crippen MR) is 92.1 cm³/mol. The first kappa shape index (κ1) is 18.3. The zero-order chi connectivity index (χ0) is 18.1. The highest BCUT2D eigenvalue weighted by Gasteiger charge is 2.52. The molecule has 2 N–H and O–H groups in total. The summed E-state index contributed by atoms with van der Waals surface area (Å²) in [6.07, 6.45) is 1.23. The molecule has 1 spiro atoms. The number of ether oxygens (including phenoxy) is 1. The van der Waals surface area contributed by atoms with E-state index in [9.17, 15) is 9.18 Å². The largest absolute Gasteiger partial charge is 0.460 e. The Morgan fingerprint density at radius 1 is 1.24 bits per heavy atom. The number of esters is 1. The van der Waals surface area contributed by atoms with Crippen LogP contribution in [0.25, 0.3) is 0 Å². The van der Waals surface area contributed by atoms with Crippen molar-refractivity contribution in [1.29, 1.82) is 0 Å². The number of hydrogen-bond donors (Lipinski definition) is 2. The van der Waals surface area contributed by atoms with Crippen LogP contribution in [0.2, 0.25) is 0 Å². The minimum Gasteiger partial charge on any atom is -0.460 e. The van der Waals surface area contributed by atoms with Crippen molar-refractivity contribution < 1.29 is 18.8 Å². The molecule has 2 aliphatic heterocycles. The third-order valence-electron chi connectivity index (χ3n) is 5.06. The Labute approximate surface area is 148 Å². The van der Waals surface area contributed by atoms with Crippen LogP contribution in [0, 0.1) is 17.2 Å². The highest BCUT2D eigenvalue weighted by atomic mass is 19.1. The second-order valence-electron chi connectivity index (χ2n) is 8.03. The molecule has 1 aromatic carbocycles. The first-order valence-electron chi connectivity index (χ1n) is 8.88. The van der Waals surface area contributed by atoms with E-state index in [0.717, 1.165) is 31.5 Å². The van der Waals surface area contributed by atoms with Crippen molar-refractivity contribution in [3.05, 3.63) is 35.6 Å². The van der Waals surface area contributed by atoms with Crippen molar-refractivity contribution >= 4 is 5.97 Å². The molecule has 3 rings (SSSR count). The van der Waals surface area contributed by atoms with Crippen LogP contribution in [0.3, 0.4) is 0 Å². The number of carbonyl (C=O) groups is 1. The van der Waals surface area contributed by atoms with Crippen LogP contribution in [0.4, 0.5) is 4.39 Å². The second-order valence-corrected chi connectivity index (χ2v) is 8.03. The van der Waals surface area contributed by atoms with Gasteiger partial charge in [-0.15, -0.1) is 0 Å². The Morgan fingerprint density at radius 3 is 2.48 bits per heavy atom. The first-order valence-corrected chi connectivity index (χ1v) is 8.88. The van der Waals surface area contributed by atoms with Crippen molar-refractivity contribution in [2.75, 3.05) is 19.6 Å². The third kappa shape index (κ3) is 4.02. The van der Waals surface area contributed by atoms with Crippen LogP contribution < -0.4 is 10.8 Å². The topological polar surface area (TPSA) is 59.6 Å². The maximum Gasteiger partial charge on any atom is 0.313 e. The molecule has 138 valence electrons. The van der Waals surface area contributed by atoms with E-state index in [1.807, 2.05) is 20.8 Å². The van der Waals surface area contributed by atoms with Crippen LogP contribution in [0.1, 0.15) is 45.3 Å². The molecule has 2 aliphatic rings. The number of piperidine rings is 1. The maximum atomic E-state index is 13.3. The number of carbonyl (C=O) groups excluding carboxylic acids is 1. The molecule has 2 atom stereocenters. The first-order chi connectivity index (χ1) is 11.8. The van der Waals surface area contributed by atoms with Gasteiger partial charge in [0.25, 0.3) is 0 Å². The number of hydroxylamine groups is 1. The smallest absolute Gasteiger partial charge is 0.313 e. The predicted octanol–water partition coefficient (Wildman–Crippen LogP) is 2.73. The SMILES string of the molecule is CC(C)(C)OC(=O)C1C(c2ccc(F)cc2)ONCC12CCNCC2. The number of benzene rings is 1. The van der Waals surface area contributed by atoms with Crippen molar-refractivity contribution in [2.24, 2.45) is 11.3 Å². The molecule has 0 amide bonds. The third-order valence-corrected chi connectivity index (χ3v) is 5.06. The van der Waals surface area contributed by atoms with Crippen LogP contribution in [0.5, 0.6) is 0 Å². The average molecular weight is 350 g/mol. The van der Waals surface area contributed by atoms with E-state index in [1.54, 1.807) is 12.1 Å². The van der Waals surface area contributed by atoms with E-state index in [0.29, 0.717) is 6.54 Å². The quantitative estimate of drug-likeness (QED) is 0.803. The van der Waals surface area contributed by atoms with E-state index >= 15 is 0 Å². The van der Waals surface area contributed by atoms with E-state index in [-0.39, 0.29) is 17.2 Å². The fourth-order valence-corrected chi connectivity index (χ4v) is 3.84. The number of halogens is 1. The minimum absolute atomic E-state index is 0.231. The molecule has 2 fully saturated rings. The van der Waals surface area contributed by atoms with Crippen LogP contribution >= 0.6 is 0 Å². The van der Waals surface area contributed by atoms with Crippen LogP contribution in [-0.2, 0) is 14.4 Å². The number of rotatable bonds is 2. The molecule has 0 bridgehead atoms. The molecule has 2 saturated heterocycles. The van der Waals surface area contributed by atoms with Gasteiger partial charge in [-0.05, 0) is 64.4 Å². The van der Waals surface area contributed by atoms with Crippen molar-refractivity contribution in [3.8, 4) is 0 Å². The zero-order valence-electron chi connectivity index (χ0n) is 15.1. The lowest BCUT2D eigenvalue weighted by Gasteiger charge is -2.49. The highest BCUT2D eigenvalue weighted by molar-refractivity contribution is 5.75. The summed E-state index contributed by atoms with van der Waals surface area (Å²) in [4.78, 5) is 18.9. The summed E-state index contributed by atoms with van der Waals surface area (Å²) >= 11 is 0. The van der Waals surface area contributed by atoms with Gasteiger partial charge in [-0.25, -0.2) is 9.87 Å². The van der Waals surface area contributed by atoms with Gasteiger partial charge in [-0.1, -0.05) is 12.1 Å². The van der Waals surface area contributed by atoms with E-state index in [4.69, 9.17) is 9.57 Å². The minimum atomic E-state index is -0.566. The highest BCUT2D eigenvalue weighted by Crippen LogP contribution is 2.48. The molecule has 5 nitrogen and oxygen atoms in total. The monoisotopic (exact) mass is 350 g/mol. The lowest BCUT2D eigenvalue weighted by Crippen LogP contribution is -2.57. The molecule has 2 heterocycles. The molecule has 0 aromatic heterocycles. The lowest BCUT2D eigenvalue weighted by atomic mass is 9.65. The molecule has 0 saturated carbocycles. The summed E-state index contributed by atoms with van der Waals surface area (Å²) in [6, 6.07) is 6.15. The molecular weight excluding hydrogens is 323 g/mol. The maximum absolute atomic E-state index is 13.3. The molecular formula is C19H27FN2O3. The summed E-state index contributed by atoms with van der Waals surface area (Å²) in [7, 11) is 0. The zero-order valence-corrected chi connectivity index (χ0v) is 15.1. The van der Waals surface area contributed by atoms with Crippen molar-refractivity contribution in [3.63, 3.8) is 0 Å². The number of nitrogens with one attached hydrogen (secondary N) is 2. The van der Waals surface area contributed by atoms with Crippen molar-refractivity contribution in [1.82, 2.24) is 10.8 Å². The Kier molecular flexibility index (Phi) is 5.14. The molecule has 25 heavy (non-hydrogen) atoms. The average Bonchev–Trinajstić information content (AvgIpc) is 2.54. The van der Waals surface area contributed by atoms with Gasteiger partial charge >= 0.3 is 5.97 Å². The van der Waals surface area contributed by atoms with E-state index in [2.05, 4.69) is 10.8 Å². The Hall–Kier alpha value is -1.50. The fraction of sp³-hybridized carbons (Fsp3) is 0.632.